The fraction of sp³-hybridized carbons (Fsp3) is 1.00. The van der Waals surface area contributed by atoms with Crippen molar-refractivity contribution in [3.63, 3.8) is 0 Å². The van der Waals surface area contributed by atoms with E-state index in [9.17, 15) is 5.11 Å². The van der Waals surface area contributed by atoms with Gasteiger partial charge >= 0.3 is 0 Å². The quantitative estimate of drug-likeness (QED) is 0.651. The fourth-order valence-corrected chi connectivity index (χ4v) is 1.18. The van der Waals surface area contributed by atoms with Crippen molar-refractivity contribution in [2.45, 2.75) is 46.3 Å². The molecule has 0 amide bonds. The van der Waals surface area contributed by atoms with Crippen molar-refractivity contribution in [1.82, 2.24) is 0 Å². The van der Waals surface area contributed by atoms with E-state index in [0.717, 1.165) is 6.42 Å². The molecule has 68 valence electrons. The Morgan fingerprint density at radius 1 is 1.18 bits per heavy atom. The maximum absolute atomic E-state index is 9.52. The van der Waals surface area contributed by atoms with Gasteiger partial charge in [-0.3, -0.25) is 0 Å². The van der Waals surface area contributed by atoms with E-state index < -0.39 is 0 Å². The molecule has 1 unspecified atom stereocenters. The first kappa shape index (κ1) is 10.9. The molecule has 0 aliphatic heterocycles. The SMILES string of the molecule is CC(C)C[C@@H](N)C(O)C(C)C. The Morgan fingerprint density at radius 3 is 1.91 bits per heavy atom. The predicted molar refractivity (Wildman–Crippen MR) is 48.3 cm³/mol. The first-order chi connectivity index (χ1) is 4.95. The molecule has 0 spiro atoms. The average Bonchev–Trinajstić information content (AvgIpc) is 1.84. The van der Waals surface area contributed by atoms with Gasteiger partial charge in [0.1, 0.15) is 0 Å². The second kappa shape index (κ2) is 4.73. The topological polar surface area (TPSA) is 46.2 Å². The summed E-state index contributed by atoms with van der Waals surface area (Å²) in [5, 5.41) is 9.52. The van der Waals surface area contributed by atoms with Crippen LogP contribution in [0.25, 0.3) is 0 Å². The molecule has 3 N–H and O–H groups in total. The standard InChI is InChI=1S/C9H21NO/c1-6(2)5-8(10)9(11)7(3)4/h6-9,11H,5,10H2,1-4H3/t8-,9?/m1/s1. The van der Waals surface area contributed by atoms with Gasteiger partial charge in [0.15, 0.2) is 0 Å². The van der Waals surface area contributed by atoms with Gasteiger partial charge < -0.3 is 10.8 Å². The lowest BCUT2D eigenvalue weighted by Gasteiger charge is -2.23. The van der Waals surface area contributed by atoms with Crippen molar-refractivity contribution in [2.75, 3.05) is 0 Å². The Kier molecular flexibility index (Phi) is 4.69. The van der Waals surface area contributed by atoms with E-state index in [-0.39, 0.29) is 18.1 Å². The highest BCUT2D eigenvalue weighted by atomic mass is 16.3. The average molecular weight is 159 g/mol. The molecule has 0 bridgehead atoms. The van der Waals surface area contributed by atoms with Crippen LogP contribution in [0.15, 0.2) is 0 Å². The van der Waals surface area contributed by atoms with Gasteiger partial charge in [0.05, 0.1) is 6.10 Å². The van der Waals surface area contributed by atoms with E-state index in [1.54, 1.807) is 0 Å². The van der Waals surface area contributed by atoms with Gasteiger partial charge in [-0.25, -0.2) is 0 Å². The van der Waals surface area contributed by atoms with Crippen LogP contribution < -0.4 is 5.73 Å². The zero-order valence-corrected chi connectivity index (χ0v) is 8.04. The molecular formula is C9H21NO. The third-order valence-electron chi connectivity index (χ3n) is 1.87. The maximum atomic E-state index is 9.52. The highest BCUT2D eigenvalue weighted by molar-refractivity contribution is 4.75. The van der Waals surface area contributed by atoms with Crippen LogP contribution in [0, 0.1) is 11.8 Å². The van der Waals surface area contributed by atoms with Crippen LogP contribution in [-0.4, -0.2) is 17.3 Å². The third kappa shape index (κ3) is 4.38. The summed E-state index contributed by atoms with van der Waals surface area (Å²) in [5.41, 5.74) is 5.77. The lowest BCUT2D eigenvalue weighted by Crippen LogP contribution is -2.39. The Bertz CT molecular complexity index is 102. The van der Waals surface area contributed by atoms with Crippen LogP contribution in [0.3, 0.4) is 0 Å². The third-order valence-corrected chi connectivity index (χ3v) is 1.87. The molecule has 0 radical (unpaired) electrons. The molecule has 0 aliphatic rings. The first-order valence-electron chi connectivity index (χ1n) is 4.38. The van der Waals surface area contributed by atoms with Crippen LogP contribution in [0.1, 0.15) is 34.1 Å². The zero-order chi connectivity index (χ0) is 9.02. The molecule has 0 rings (SSSR count). The summed E-state index contributed by atoms with van der Waals surface area (Å²) in [6, 6.07) is -0.0602. The minimum Gasteiger partial charge on any atom is -0.391 e. The van der Waals surface area contributed by atoms with Crippen molar-refractivity contribution >= 4 is 0 Å². The van der Waals surface area contributed by atoms with Gasteiger partial charge in [0.2, 0.25) is 0 Å². The Morgan fingerprint density at radius 2 is 1.64 bits per heavy atom. The van der Waals surface area contributed by atoms with E-state index in [0.29, 0.717) is 5.92 Å². The lowest BCUT2D eigenvalue weighted by atomic mass is 9.93. The van der Waals surface area contributed by atoms with E-state index in [4.69, 9.17) is 5.73 Å². The number of hydrogen-bond acceptors (Lipinski definition) is 2. The number of rotatable bonds is 4. The van der Waals surface area contributed by atoms with Crippen LogP contribution >= 0.6 is 0 Å². The molecule has 0 saturated carbocycles. The molecular weight excluding hydrogens is 138 g/mol. The first-order valence-corrected chi connectivity index (χ1v) is 4.38. The summed E-state index contributed by atoms with van der Waals surface area (Å²) in [6.07, 6.45) is 0.552. The van der Waals surface area contributed by atoms with Gasteiger partial charge in [-0.05, 0) is 18.3 Å². The number of hydrogen-bond donors (Lipinski definition) is 2. The molecule has 0 saturated heterocycles. The van der Waals surface area contributed by atoms with Crippen LogP contribution in [-0.2, 0) is 0 Å². The summed E-state index contributed by atoms with van der Waals surface area (Å²) in [4.78, 5) is 0. The van der Waals surface area contributed by atoms with E-state index in [2.05, 4.69) is 13.8 Å². The summed E-state index contributed by atoms with van der Waals surface area (Å²) >= 11 is 0. The van der Waals surface area contributed by atoms with E-state index >= 15 is 0 Å². The van der Waals surface area contributed by atoms with Gasteiger partial charge in [-0.2, -0.15) is 0 Å². The van der Waals surface area contributed by atoms with Crippen LogP contribution in [0.2, 0.25) is 0 Å². The largest absolute Gasteiger partial charge is 0.391 e. The molecule has 2 heteroatoms. The summed E-state index contributed by atoms with van der Waals surface area (Å²) in [7, 11) is 0. The molecule has 11 heavy (non-hydrogen) atoms. The Hall–Kier alpha value is -0.0800. The molecule has 2 atom stereocenters. The highest BCUT2D eigenvalue weighted by Crippen LogP contribution is 2.11. The van der Waals surface area contributed by atoms with Crippen LogP contribution in [0.5, 0.6) is 0 Å². The molecule has 0 aromatic rings. The summed E-state index contributed by atoms with van der Waals surface area (Å²) in [6.45, 7) is 8.22. The summed E-state index contributed by atoms with van der Waals surface area (Å²) in [5.74, 6) is 0.835. The molecule has 0 aliphatic carbocycles. The normalized spacial score (nSPS) is 17.5. The second-order valence-electron chi connectivity index (χ2n) is 4.03. The van der Waals surface area contributed by atoms with Crippen molar-refractivity contribution in [2.24, 2.45) is 17.6 Å². The molecule has 0 heterocycles. The minimum absolute atomic E-state index is 0.0602. The molecule has 0 aromatic carbocycles. The van der Waals surface area contributed by atoms with Crippen LogP contribution in [0.4, 0.5) is 0 Å². The minimum atomic E-state index is -0.350. The Balaban J connectivity index is 3.73. The van der Waals surface area contributed by atoms with Gasteiger partial charge in [-0.1, -0.05) is 27.7 Å². The monoisotopic (exact) mass is 159 g/mol. The van der Waals surface area contributed by atoms with Crippen molar-refractivity contribution in [3.8, 4) is 0 Å². The number of aliphatic hydroxyl groups excluding tert-OH is 1. The lowest BCUT2D eigenvalue weighted by molar-refractivity contribution is 0.0900. The van der Waals surface area contributed by atoms with Crippen molar-refractivity contribution in [1.29, 1.82) is 0 Å². The molecule has 0 fully saturated rings. The molecule has 2 nitrogen and oxygen atoms in total. The predicted octanol–water partition coefficient (Wildman–Crippen LogP) is 1.38. The smallest absolute Gasteiger partial charge is 0.0713 e. The second-order valence-corrected chi connectivity index (χ2v) is 4.03. The van der Waals surface area contributed by atoms with E-state index in [1.807, 2.05) is 13.8 Å². The van der Waals surface area contributed by atoms with Gasteiger partial charge in [0.25, 0.3) is 0 Å². The maximum Gasteiger partial charge on any atom is 0.0713 e. The fourth-order valence-electron chi connectivity index (χ4n) is 1.18. The van der Waals surface area contributed by atoms with Crippen molar-refractivity contribution in [3.05, 3.63) is 0 Å². The van der Waals surface area contributed by atoms with Crippen molar-refractivity contribution < 1.29 is 5.11 Å². The number of aliphatic hydroxyl groups is 1. The molecule has 0 aromatic heterocycles. The number of nitrogens with two attached hydrogens (primary N) is 1. The Labute approximate surface area is 69.8 Å². The van der Waals surface area contributed by atoms with E-state index in [1.165, 1.54) is 0 Å². The summed E-state index contributed by atoms with van der Waals surface area (Å²) < 4.78 is 0. The van der Waals surface area contributed by atoms with Gasteiger partial charge in [0, 0.05) is 6.04 Å². The zero-order valence-electron chi connectivity index (χ0n) is 8.04. The highest BCUT2D eigenvalue weighted by Gasteiger charge is 2.18. The van der Waals surface area contributed by atoms with Gasteiger partial charge in [-0.15, -0.1) is 0 Å².